The van der Waals surface area contributed by atoms with Crippen LogP contribution < -0.4 is 5.73 Å². The largest absolute Gasteiger partial charge is 0.396 e. The summed E-state index contributed by atoms with van der Waals surface area (Å²) in [5.41, 5.74) is 5.97. The first kappa shape index (κ1) is 13.5. The second-order valence-electron chi connectivity index (χ2n) is 4.86. The number of nitrogens with two attached hydrogens (primary N) is 1. The van der Waals surface area contributed by atoms with Crippen LogP contribution in [-0.4, -0.2) is 37.7 Å². The van der Waals surface area contributed by atoms with E-state index >= 15 is 0 Å². The highest BCUT2D eigenvalue weighted by Gasteiger charge is 2.69. The molecular formula is C13H19NO3S. The van der Waals surface area contributed by atoms with Crippen molar-refractivity contribution >= 4 is 9.84 Å². The van der Waals surface area contributed by atoms with Gasteiger partial charge in [0.2, 0.25) is 0 Å². The van der Waals surface area contributed by atoms with Gasteiger partial charge in [-0.2, -0.15) is 0 Å². The summed E-state index contributed by atoms with van der Waals surface area (Å²) in [7, 11) is -3.19. The summed E-state index contributed by atoms with van der Waals surface area (Å²) in [6.45, 7) is 1.63. The van der Waals surface area contributed by atoms with Gasteiger partial charge in [0.15, 0.2) is 9.84 Å². The Balaban J connectivity index is 2.42. The summed E-state index contributed by atoms with van der Waals surface area (Å²) in [6.07, 6.45) is 0. The lowest BCUT2D eigenvalue weighted by molar-refractivity contribution is 0.212. The Hall–Kier alpha value is -0.910. The first-order valence-corrected chi connectivity index (χ1v) is 7.82. The van der Waals surface area contributed by atoms with Crippen molar-refractivity contribution in [2.75, 3.05) is 18.9 Å². The number of aliphatic hydroxyl groups is 1. The topological polar surface area (TPSA) is 80.4 Å². The fourth-order valence-corrected chi connectivity index (χ4v) is 5.02. The predicted octanol–water partition coefficient (Wildman–Crippen LogP) is 0.525. The maximum atomic E-state index is 12.1. The minimum Gasteiger partial charge on any atom is -0.396 e. The van der Waals surface area contributed by atoms with Gasteiger partial charge in [0.25, 0.3) is 0 Å². The molecule has 0 amide bonds. The highest BCUT2D eigenvalue weighted by atomic mass is 32.2. The highest BCUT2D eigenvalue weighted by molar-refractivity contribution is 7.92. The maximum Gasteiger partial charge on any atom is 0.154 e. The van der Waals surface area contributed by atoms with Crippen LogP contribution in [0, 0.1) is 5.41 Å². The molecule has 3 N–H and O–H groups in total. The Kier molecular flexibility index (Phi) is 3.49. The monoisotopic (exact) mass is 269 g/mol. The van der Waals surface area contributed by atoms with Crippen LogP contribution in [-0.2, 0) is 9.84 Å². The van der Waals surface area contributed by atoms with Crippen molar-refractivity contribution in [1.29, 1.82) is 0 Å². The van der Waals surface area contributed by atoms with Gasteiger partial charge in [-0.1, -0.05) is 37.3 Å². The summed E-state index contributed by atoms with van der Waals surface area (Å²) in [5, 5.41) is 9.02. The molecule has 0 unspecified atom stereocenters. The summed E-state index contributed by atoms with van der Waals surface area (Å²) in [5.74, 6) is -0.0957. The number of benzene rings is 1. The smallest absolute Gasteiger partial charge is 0.154 e. The molecule has 5 heteroatoms. The quantitative estimate of drug-likeness (QED) is 0.817. The summed E-state index contributed by atoms with van der Waals surface area (Å²) >= 11 is 0. The Labute approximate surface area is 108 Å². The molecule has 0 aromatic heterocycles. The number of aliphatic hydroxyl groups excluding tert-OH is 1. The maximum absolute atomic E-state index is 12.1. The van der Waals surface area contributed by atoms with E-state index in [0.717, 1.165) is 5.56 Å². The Morgan fingerprint density at radius 2 is 1.94 bits per heavy atom. The van der Waals surface area contributed by atoms with Gasteiger partial charge >= 0.3 is 0 Å². The van der Waals surface area contributed by atoms with Gasteiger partial charge in [0.05, 0.1) is 11.9 Å². The molecule has 0 aliphatic heterocycles. The molecule has 18 heavy (non-hydrogen) atoms. The van der Waals surface area contributed by atoms with Crippen LogP contribution in [0.25, 0.3) is 0 Å². The average Bonchev–Trinajstić information content (AvgIpc) is 3.10. The molecule has 0 bridgehead atoms. The van der Waals surface area contributed by atoms with E-state index in [1.54, 1.807) is 6.92 Å². The Morgan fingerprint density at radius 3 is 2.39 bits per heavy atom. The fourth-order valence-electron chi connectivity index (χ4n) is 2.86. The third-order valence-electron chi connectivity index (χ3n) is 4.00. The van der Waals surface area contributed by atoms with E-state index in [4.69, 9.17) is 5.73 Å². The van der Waals surface area contributed by atoms with E-state index in [2.05, 4.69) is 0 Å². The first-order chi connectivity index (χ1) is 8.53. The zero-order valence-electron chi connectivity index (χ0n) is 10.4. The van der Waals surface area contributed by atoms with E-state index < -0.39 is 20.5 Å². The van der Waals surface area contributed by atoms with E-state index in [1.165, 1.54) is 0 Å². The number of hydrogen-bond acceptors (Lipinski definition) is 4. The number of hydrogen-bond donors (Lipinski definition) is 2. The van der Waals surface area contributed by atoms with Gasteiger partial charge in [-0.05, 0) is 5.56 Å². The molecular weight excluding hydrogens is 250 g/mol. The van der Waals surface area contributed by atoms with Gasteiger partial charge in [0, 0.05) is 23.6 Å². The van der Waals surface area contributed by atoms with E-state index in [0.29, 0.717) is 0 Å². The van der Waals surface area contributed by atoms with E-state index in [9.17, 15) is 13.5 Å². The first-order valence-electron chi connectivity index (χ1n) is 6.11. The zero-order chi connectivity index (χ0) is 13.4. The summed E-state index contributed by atoms with van der Waals surface area (Å²) in [6, 6.07) is 9.44. The third kappa shape index (κ3) is 1.86. The van der Waals surface area contributed by atoms with Crippen LogP contribution in [0.4, 0.5) is 0 Å². The Morgan fingerprint density at radius 1 is 1.33 bits per heavy atom. The average molecular weight is 269 g/mol. The van der Waals surface area contributed by atoms with Crippen molar-refractivity contribution in [3.63, 3.8) is 0 Å². The summed E-state index contributed by atoms with van der Waals surface area (Å²) < 4.78 is 24.2. The standard InChI is InChI=1S/C13H19NO3S/c1-2-18(16,17)12-11(13(12,8-14)9-15)10-6-4-3-5-7-10/h3-7,11-12,15H,2,8-9,14H2,1H3/t11-,12-,13+/m1/s1. The molecule has 4 nitrogen and oxygen atoms in total. The number of rotatable bonds is 5. The molecule has 2 rings (SSSR count). The van der Waals surface area contributed by atoms with Gasteiger partial charge in [-0.3, -0.25) is 0 Å². The second-order valence-corrected chi connectivity index (χ2v) is 7.27. The van der Waals surface area contributed by atoms with Crippen molar-refractivity contribution in [3.05, 3.63) is 35.9 Å². The molecule has 1 aromatic rings. The third-order valence-corrected chi connectivity index (χ3v) is 6.32. The normalized spacial score (nSPS) is 31.3. The molecule has 0 saturated heterocycles. The molecule has 1 aliphatic carbocycles. The molecule has 3 atom stereocenters. The lowest BCUT2D eigenvalue weighted by Crippen LogP contribution is -2.28. The van der Waals surface area contributed by atoms with Crippen LogP contribution in [0.1, 0.15) is 18.4 Å². The van der Waals surface area contributed by atoms with Crippen molar-refractivity contribution in [1.82, 2.24) is 0 Å². The molecule has 1 aliphatic rings. The van der Waals surface area contributed by atoms with Crippen LogP contribution in [0.3, 0.4) is 0 Å². The minimum absolute atomic E-state index is 0.0861. The minimum atomic E-state index is -3.19. The SMILES string of the molecule is CCS(=O)(=O)[C@@H]1[C@@H](c2ccccc2)[C@]1(CN)CO. The van der Waals surface area contributed by atoms with Crippen LogP contribution in [0.2, 0.25) is 0 Å². The highest BCUT2D eigenvalue weighted by Crippen LogP contribution is 2.62. The van der Waals surface area contributed by atoms with Crippen LogP contribution in [0.5, 0.6) is 0 Å². The Bertz CT molecular complexity index is 508. The van der Waals surface area contributed by atoms with Crippen molar-refractivity contribution in [3.8, 4) is 0 Å². The van der Waals surface area contributed by atoms with Crippen molar-refractivity contribution < 1.29 is 13.5 Å². The van der Waals surface area contributed by atoms with Crippen LogP contribution >= 0.6 is 0 Å². The van der Waals surface area contributed by atoms with Crippen molar-refractivity contribution in [2.24, 2.45) is 11.1 Å². The molecule has 1 fully saturated rings. The molecule has 0 radical (unpaired) electrons. The zero-order valence-corrected chi connectivity index (χ0v) is 11.2. The molecule has 1 aromatic carbocycles. The molecule has 0 heterocycles. The molecule has 1 saturated carbocycles. The van der Waals surface area contributed by atoms with Gasteiger partial charge in [0.1, 0.15) is 0 Å². The van der Waals surface area contributed by atoms with Crippen LogP contribution in [0.15, 0.2) is 30.3 Å². The van der Waals surface area contributed by atoms with E-state index in [1.807, 2.05) is 30.3 Å². The predicted molar refractivity (Wildman–Crippen MR) is 71.0 cm³/mol. The lowest BCUT2D eigenvalue weighted by atomic mass is 10.0. The van der Waals surface area contributed by atoms with Gasteiger partial charge in [-0.25, -0.2) is 8.42 Å². The van der Waals surface area contributed by atoms with Gasteiger partial charge < -0.3 is 10.8 Å². The van der Waals surface area contributed by atoms with E-state index in [-0.39, 0.29) is 24.8 Å². The van der Waals surface area contributed by atoms with Crippen molar-refractivity contribution in [2.45, 2.75) is 18.1 Å². The second kappa shape index (κ2) is 4.64. The molecule has 0 spiro atoms. The number of sulfone groups is 1. The summed E-state index contributed by atoms with van der Waals surface area (Å²) in [4.78, 5) is 0. The lowest BCUT2D eigenvalue weighted by Gasteiger charge is -2.11. The fraction of sp³-hybridized carbons (Fsp3) is 0.538. The van der Waals surface area contributed by atoms with Gasteiger partial charge in [-0.15, -0.1) is 0 Å². The molecule has 100 valence electrons.